The highest BCUT2D eigenvalue weighted by Crippen LogP contribution is 2.05. The summed E-state index contributed by atoms with van der Waals surface area (Å²) in [5.74, 6) is -6.23. The van der Waals surface area contributed by atoms with E-state index < -0.39 is 73.1 Å². The first-order valence-corrected chi connectivity index (χ1v) is 9.89. The molecule has 0 aromatic heterocycles. The van der Waals surface area contributed by atoms with Crippen molar-refractivity contribution in [2.24, 2.45) is 11.5 Å². The van der Waals surface area contributed by atoms with E-state index in [2.05, 4.69) is 10.6 Å². The van der Waals surface area contributed by atoms with E-state index in [9.17, 15) is 28.8 Å². The van der Waals surface area contributed by atoms with Crippen LogP contribution >= 0.6 is 0 Å². The van der Waals surface area contributed by atoms with E-state index in [0.717, 1.165) is 5.56 Å². The molecule has 0 saturated carbocycles. The van der Waals surface area contributed by atoms with Gasteiger partial charge < -0.3 is 37.6 Å². The second kappa shape index (κ2) is 13.4. The Balaban J connectivity index is 2.90. The van der Waals surface area contributed by atoms with Crippen LogP contribution in [0.3, 0.4) is 0 Å². The molecular formula is C20H27N5O8. The van der Waals surface area contributed by atoms with Crippen LogP contribution in [-0.4, -0.2) is 70.5 Å². The SMILES string of the molecule is NC(=O)CC(NC(=O)C(CCC(=O)O)NC(=O)C(N)Cc1ccccc1)C(=O)NCC(=O)O. The molecule has 0 heterocycles. The largest absolute Gasteiger partial charge is 0.481 e. The Morgan fingerprint density at radius 2 is 1.45 bits per heavy atom. The summed E-state index contributed by atoms with van der Waals surface area (Å²) >= 11 is 0. The monoisotopic (exact) mass is 465 g/mol. The first-order chi connectivity index (χ1) is 15.5. The first-order valence-electron chi connectivity index (χ1n) is 9.89. The Hall–Kier alpha value is -4.00. The van der Waals surface area contributed by atoms with Crippen molar-refractivity contribution in [1.29, 1.82) is 0 Å². The normalized spacial score (nSPS) is 13.1. The zero-order valence-corrected chi connectivity index (χ0v) is 17.7. The molecular weight excluding hydrogens is 438 g/mol. The number of nitrogens with two attached hydrogens (primary N) is 2. The van der Waals surface area contributed by atoms with E-state index in [-0.39, 0.29) is 12.8 Å². The Labute approximate surface area is 188 Å². The summed E-state index contributed by atoms with van der Waals surface area (Å²) < 4.78 is 0. The lowest BCUT2D eigenvalue weighted by molar-refractivity contribution is -0.139. The molecule has 13 nitrogen and oxygen atoms in total. The van der Waals surface area contributed by atoms with Crippen LogP contribution in [0, 0.1) is 0 Å². The maximum absolute atomic E-state index is 12.7. The van der Waals surface area contributed by atoms with Crippen LogP contribution in [0.25, 0.3) is 0 Å². The van der Waals surface area contributed by atoms with E-state index in [4.69, 9.17) is 21.7 Å². The van der Waals surface area contributed by atoms with Crippen molar-refractivity contribution < 1.29 is 39.0 Å². The van der Waals surface area contributed by atoms with Crippen LogP contribution in [0.15, 0.2) is 30.3 Å². The number of aliphatic carboxylic acids is 2. The highest BCUT2D eigenvalue weighted by atomic mass is 16.4. The maximum Gasteiger partial charge on any atom is 0.322 e. The molecule has 33 heavy (non-hydrogen) atoms. The number of amides is 4. The van der Waals surface area contributed by atoms with Gasteiger partial charge in [-0.2, -0.15) is 0 Å². The van der Waals surface area contributed by atoms with Crippen LogP contribution in [0.5, 0.6) is 0 Å². The van der Waals surface area contributed by atoms with Crippen molar-refractivity contribution in [2.45, 2.75) is 43.8 Å². The van der Waals surface area contributed by atoms with Crippen LogP contribution in [0.2, 0.25) is 0 Å². The Bertz CT molecular complexity index is 876. The van der Waals surface area contributed by atoms with Crippen molar-refractivity contribution in [1.82, 2.24) is 16.0 Å². The molecule has 0 aliphatic heterocycles. The average Bonchev–Trinajstić information content (AvgIpc) is 2.74. The second-order valence-corrected chi connectivity index (χ2v) is 7.13. The minimum atomic E-state index is -1.53. The third kappa shape index (κ3) is 10.7. The minimum absolute atomic E-state index is 0.155. The molecule has 0 aliphatic carbocycles. The van der Waals surface area contributed by atoms with Crippen molar-refractivity contribution in [3.05, 3.63) is 35.9 Å². The van der Waals surface area contributed by atoms with E-state index in [0.29, 0.717) is 0 Å². The summed E-state index contributed by atoms with van der Waals surface area (Å²) in [6.45, 7) is -0.766. The number of primary amides is 1. The Morgan fingerprint density at radius 3 is 2.00 bits per heavy atom. The van der Waals surface area contributed by atoms with Gasteiger partial charge in [0.05, 0.1) is 12.5 Å². The van der Waals surface area contributed by atoms with Gasteiger partial charge in [-0.15, -0.1) is 0 Å². The zero-order chi connectivity index (χ0) is 25.0. The van der Waals surface area contributed by atoms with Crippen molar-refractivity contribution in [3.63, 3.8) is 0 Å². The van der Waals surface area contributed by atoms with Crippen LogP contribution in [-0.2, 0) is 35.2 Å². The molecule has 0 fully saturated rings. The van der Waals surface area contributed by atoms with E-state index in [1.807, 2.05) is 5.32 Å². The number of benzene rings is 1. The summed E-state index contributed by atoms with van der Waals surface area (Å²) in [6.07, 6.45) is -1.31. The predicted octanol–water partition coefficient (Wildman–Crippen LogP) is -2.53. The third-order valence-electron chi connectivity index (χ3n) is 4.37. The van der Waals surface area contributed by atoms with Gasteiger partial charge in [0.1, 0.15) is 18.6 Å². The number of carboxylic acids is 2. The van der Waals surface area contributed by atoms with Gasteiger partial charge in [-0.05, 0) is 18.4 Å². The molecule has 1 aromatic rings. The third-order valence-corrected chi connectivity index (χ3v) is 4.37. The Morgan fingerprint density at radius 1 is 0.848 bits per heavy atom. The lowest BCUT2D eigenvalue weighted by Crippen LogP contribution is -2.57. The van der Waals surface area contributed by atoms with E-state index in [1.165, 1.54) is 0 Å². The maximum atomic E-state index is 12.7. The van der Waals surface area contributed by atoms with Gasteiger partial charge >= 0.3 is 11.9 Å². The number of rotatable bonds is 14. The fourth-order valence-electron chi connectivity index (χ4n) is 2.74. The fraction of sp³-hybridized carbons (Fsp3) is 0.400. The molecule has 1 aromatic carbocycles. The van der Waals surface area contributed by atoms with Gasteiger partial charge in [-0.1, -0.05) is 30.3 Å². The summed E-state index contributed by atoms with van der Waals surface area (Å²) in [4.78, 5) is 70.2. The van der Waals surface area contributed by atoms with Gasteiger partial charge in [0.15, 0.2) is 0 Å². The molecule has 3 unspecified atom stereocenters. The number of nitrogens with one attached hydrogen (secondary N) is 3. The van der Waals surface area contributed by atoms with Gasteiger partial charge in [-0.25, -0.2) is 0 Å². The van der Waals surface area contributed by atoms with Crippen molar-refractivity contribution in [2.75, 3.05) is 6.54 Å². The summed E-state index contributed by atoms with van der Waals surface area (Å²) in [7, 11) is 0. The minimum Gasteiger partial charge on any atom is -0.481 e. The number of carboxylic acid groups (broad SMARTS) is 2. The van der Waals surface area contributed by atoms with Crippen LogP contribution in [0.1, 0.15) is 24.8 Å². The summed E-state index contributed by atoms with van der Waals surface area (Å²) in [6, 6.07) is 4.85. The Kier molecular flexibility index (Phi) is 11.0. The topological polar surface area (TPSA) is 231 Å². The second-order valence-electron chi connectivity index (χ2n) is 7.13. The summed E-state index contributed by atoms with van der Waals surface area (Å²) in [5.41, 5.74) is 11.7. The first kappa shape index (κ1) is 27.0. The molecule has 1 rings (SSSR count). The van der Waals surface area contributed by atoms with Gasteiger partial charge in [0.25, 0.3) is 0 Å². The molecule has 180 valence electrons. The van der Waals surface area contributed by atoms with E-state index in [1.54, 1.807) is 30.3 Å². The molecule has 0 bridgehead atoms. The number of carbonyl (C=O) groups excluding carboxylic acids is 4. The van der Waals surface area contributed by atoms with Crippen molar-refractivity contribution in [3.8, 4) is 0 Å². The average molecular weight is 465 g/mol. The molecule has 3 atom stereocenters. The van der Waals surface area contributed by atoms with Gasteiger partial charge in [0.2, 0.25) is 23.6 Å². The standard InChI is InChI=1S/C20H27N5O8/c21-12(8-11-4-2-1-3-5-11)18(31)24-13(6-7-16(27)28)20(33)25-14(9-15(22)26)19(32)23-10-17(29)30/h1-5,12-14H,6-10,21H2,(H2,22,26)(H,23,32)(H,24,31)(H,25,33)(H,27,28)(H,29,30). The number of hydrogen-bond donors (Lipinski definition) is 7. The molecule has 0 radical (unpaired) electrons. The lowest BCUT2D eigenvalue weighted by atomic mass is 10.0. The highest BCUT2D eigenvalue weighted by molar-refractivity contribution is 5.95. The lowest BCUT2D eigenvalue weighted by Gasteiger charge is -2.23. The molecule has 0 aliphatic rings. The fourth-order valence-corrected chi connectivity index (χ4v) is 2.74. The van der Waals surface area contributed by atoms with Gasteiger partial charge in [0, 0.05) is 6.42 Å². The molecule has 9 N–H and O–H groups in total. The summed E-state index contributed by atoms with van der Waals surface area (Å²) in [5, 5.41) is 24.2. The molecule has 0 spiro atoms. The number of carbonyl (C=O) groups is 6. The van der Waals surface area contributed by atoms with Crippen LogP contribution in [0.4, 0.5) is 0 Å². The molecule has 13 heteroatoms. The predicted molar refractivity (Wildman–Crippen MR) is 113 cm³/mol. The highest BCUT2D eigenvalue weighted by Gasteiger charge is 2.29. The number of hydrogen-bond acceptors (Lipinski definition) is 7. The molecule has 0 saturated heterocycles. The quantitative estimate of drug-likeness (QED) is 0.153. The smallest absolute Gasteiger partial charge is 0.322 e. The van der Waals surface area contributed by atoms with Crippen LogP contribution < -0.4 is 27.4 Å². The van der Waals surface area contributed by atoms with Crippen molar-refractivity contribution >= 4 is 35.6 Å². The van der Waals surface area contributed by atoms with E-state index >= 15 is 0 Å². The van der Waals surface area contributed by atoms with Gasteiger partial charge in [-0.3, -0.25) is 28.8 Å². The zero-order valence-electron chi connectivity index (χ0n) is 17.7. The molecule has 4 amide bonds.